The predicted molar refractivity (Wildman–Crippen MR) is 118 cm³/mol. The first kappa shape index (κ1) is 21.9. The number of carbonyl (C=O) groups excluding carboxylic acids is 2. The number of rotatable bonds is 8. The Balaban J connectivity index is 1.26. The molecule has 3 heterocycles. The Morgan fingerprint density at radius 2 is 1.84 bits per heavy atom. The molecule has 10 heteroatoms. The summed E-state index contributed by atoms with van der Waals surface area (Å²) in [6, 6.07) is 9.41. The summed E-state index contributed by atoms with van der Waals surface area (Å²) in [5, 5.41) is 20.8. The Morgan fingerprint density at radius 1 is 1.03 bits per heavy atom. The number of ketones is 1. The standard InChI is InChI=1S/C22H24N6O3S/c1-31-22(30)24-21-28-27-20(32-21)15-6-5-14(10-15)11-17-7-8-18(26-25-17)13-19(29)12-16-4-2-3-9-23-16/h2-4,7-9,14-15H,5-6,10-13H2,1H3,(H,24,28,30)/t14-,15+/m0/s1. The van der Waals surface area contributed by atoms with Crippen LogP contribution in [0.15, 0.2) is 36.5 Å². The van der Waals surface area contributed by atoms with Gasteiger partial charge in [-0.15, -0.1) is 10.2 Å². The largest absolute Gasteiger partial charge is 0.453 e. The number of hydrogen-bond acceptors (Lipinski definition) is 9. The Kier molecular flexibility index (Phi) is 7.10. The van der Waals surface area contributed by atoms with Crippen LogP contribution in [0.1, 0.15) is 47.3 Å². The smallest absolute Gasteiger partial charge is 0.413 e. The fourth-order valence-electron chi connectivity index (χ4n) is 3.93. The van der Waals surface area contributed by atoms with Gasteiger partial charge in [0.2, 0.25) is 5.13 Å². The molecule has 166 valence electrons. The van der Waals surface area contributed by atoms with Crippen LogP contribution in [-0.2, 0) is 28.8 Å². The van der Waals surface area contributed by atoms with Crippen molar-refractivity contribution in [3.05, 3.63) is 58.6 Å². The van der Waals surface area contributed by atoms with Crippen molar-refractivity contribution in [2.24, 2.45) is 5.92 Å². The number of ether oxygens (including phenoxy) is 1. The molecule has 1 fully saturated rings. The monoisotopic (exact) mass is 452 g/mol. The topological polar surface area (TPSA) is 120 Å². The van der Waals surface area contributed by atoms with Gasteiger partial charge in [0, 0.05) is 24.2 Å². The minimum atomic E-state index is -0.544. The number of Topliss-reactive ketones (excluding diaryl/α,β-unsaturated/α-hetero) is 1. The first-order valence-electron chi connectivity index (χ1n) is 10.5. The fraction of sp³-hybridized carbons (Fsp3) is 0.409. The summed E-state index contributed by atoms with van der Waals surface area (Å²) in [5.74, 6) is 0.900. The molecule has 3 aromatic rings. The van der Waals surface area contributed by atoms with E-state index in [1.165, 1.54) is 18.4 Å². The molecule has 32 heavy (non-hydrogen) atoms. The SMILES string of the molecule is COC(=O)Nc1nnc([C@@H]2CC[C@H](Cc3ccc(CC(=O)Cc4ccccn4)nn3)C2)s1. The quantitative estimate of drug-likeness (QED) is 0.552. The molecule has 0 radical (unpaired) electrons. The lowest BCUT2D eigenvalue weighted by atomic mass is 9.99. The van der Waals surface area contributed by atoms with Gasteiger partial charge < -0.3 is 4.74 Å². The third kappa shape index (κ3) is 5.91. The summed E-state index contributed by atoms with van der Waals surface area (Å²) in [4.78, 5) is 27.7. The van der Waals surface area contributed by atoms with Crippen LogP contribution < -0.4 is 5.32 Å². The summed E-state index contributed by atoms with van der Waals surface area (Å²) in [6.45, 7) is 0. The van der Waals surface area contributed by atoms with Crippen molar-refractivity contribution < 1.29 is 14.3 Å². The van der Waals surface area contributed by atoms with Crippen LogP contribution in [0.4, 0.5) is 9.93 Å². The van der Waals surface area contributed by atoms with Gasteiger partial charge in [0.1, 0.15) is 10.8 Å². The summed E-state index contributed by atoms with van der Waals surface area (Å²) >= 11 is 1.39. The lowest BCUT2D eigenvalue weighted by Crippen LogP contribution is -2.10. The van der Waals surface area contributed by atoms with E-state index in [1.54, 1.807) is 6.20 Å². The molecule has 0 aliphatic heterocycles. The van der Waals surface area contributed by atoms with Crippen molar-refractivity contribution >= 4 is 28.3 Å². The first-order chi connectivity index (χ1) is 15.6. The Morgan fingerprint density at radius 3 is 2.59 bits per heavy atom. The van der Waals surface area contributed by atoms with E-state index in [1.807, 2.05) is 30.3 Å². The van der Waals surface area contributed by atoms with Crippen molar-refractivity contribution in [1.82, 2.24) is 25.4 Å². The van der Waals surface area contributed by atoms with E-state index in [0.29, 0.717) is 29.1 Å². The second-order valence-electron chi connectivity index (χ2n) is 7.87. The molecule has 0 aromatic carbocycles. The number of aromatic nitrogens is 5. The van der Waals surface area contributed by atoms with Crippen LogP contribution in [0.5, 0.6) is 0 Å². The zero-order valence-corrected chi connectivity index (χ0v) is 18.5. The van der Waals surface area contributed by atoms with E-state index in [2.05, 4.69) is 35.4 Å². The molecule has 0 spiro atoms. The summed E-state index contributed by atoms with van der Waals surface area (Å²) in [6.07, 6.45) is 5.66. The van der Waals surface area contributed by atoms with Crippen molar-refractivity contribution in [3.63, 3.8) is 0 Å². The van der Waals surface area contributed by atoms with Gasteiger partial charge in [0.25, 0.3) is 0 Å². The zero-order chi connectivity index (χ0) is 22.3. The van der Waals surface area contributed by atoms with Crippen molar-refractivity contribution in [1.29, 1.82) is 0 Å². The number of nitrogens with one attached hydrogen (secondary N) is 1. The molecule has 9 nitrogen and oxygen atoms in total. The highest BCUT2D eigenvalue weighted by atomic mass is 32.1. The molecule has 2 atom stereocenters. The Hall–Kier alpha value is -3.27. The molecule has 0 saturated heterocycles. The highest BCUT2D eigenvalue weighted by Gasteiger charge is 2.29. The minimum Gasteiger partial charge on any atom is -0.453 e. The first-order valence-corrected chi connectivity index (χ1v) is 11.3. The Bertz CT molecular complexity index is 1060. The van der Waals surface area contributed by atoms with E-state index in [-0.39, 0.29) is 12.2 Å². The number of amides is 1. The zero-order valence-electron chi connectivity index (χ0n) is 17.7. The molecule has 0 bridgehead atoms. The molecule has 1 N–H and O–H groups in total. The van der Waals surface area contributed by atoms with Crippen molar-refractivity contribution in [3.8, 4) is 0 Å². The molecule has 1 aliphatic rings. The van der Waals surface area contributed by atoms with Crippen LogP contribution in [0.3, 0.4) is 0 Å². The van der Waals surface area contributed by atoms with E-state index in [0.717, 1.165) is 42.1 Å². The van der Waals surface area contributed by atoms with E-state index < -0.39 is 6.09 Å². The maximum absolute atomic E-state index is 12.2. The fourth-order valence-corrected chi connectivity index (χ4v) is 4.81. The molecular weight excluding hydrogens is 428 g/mol. The maximum Gasteiger partial charge on any atom is 0.413 e. The number of methoxy groups -OCH3 is 1. The number of pyridine rings is 1. The molecule has 1 amide bonds. The third-order valence-corrected chi connectivity index (χ3v) is 6.48. The lowest BCUT2D eigenvalue weighted by Gasteiger charge is -2.09. The predicted octanol–water partition coefficient (Wildman–Crippen LogP) is 3.38. The summed E-state index contributed by atoms with van der Waals surface area (Å²) in [5.41, 5.74) is 2.38. The average Bonchev–Trinajstić information content (AvgIpc) is 3.45. The summed E-state index contributed by atoms with van der Waals surface area (Å²) < 4.78 is 4.58. The van der Waals surface area contributed by atoms with Crippen molar-refractivity contribution in [2.75, 3.05) is 12.4 Å². The van der Waals surface area contributed by atoms with Gasteiger partial charge in [0.05, 0.1) is 24.9 Å². The molecule has 1 saturated carbocycles. The number of hydrogen-bond donors (Lipinski definition) is 1. The van der Waals surface area contributed by atoms with Gasteiger partial charge in [-0.1, -0.05) is 17.4 Å². The molecule has 4 rings (SSSR count). The number of nitrogens with zero attached hydrogens (tertiary/aromatic N) is 5. The minimum absolute atomic E-state index is 0.0718. The van der Waals surface area contributed by atoms with Gasteiger partial charge in [-0.3, -0.25) is 15.1 Å². The molecule has 1 aliphatic carbocycles. The number of anilines is 1. The molecular formula is C22H24N6O3S. The van der Waals surface area contributed by atoms with Gasteiger partial charge in [-0.2, -0.15) is 10.2 Å². The molecule has 3 aromatic heterocycles. The van der Waals surface area contributed by atoms with E-state index in [4.69, 9.17) is 0 Å². The van der Waals surface area contributed by atoms with E-state index in [9.17, 15) is 9.59 Å². The van der Waals surface area contributed by atoms with Crippen LogP contribution in [0, 0.1) is 5.92 Å². The number of carbonyl (C=O) groups is 2. The van der Waals surface area contributed by atoms with Crippen LogP contribution in [0.25, 0.3) is 0 Å². The van der Waals surface area contributed by atoms with Gasteiger partial charge in [-0.25, -0.2) is 4.79 Å². The maximum atomic E-state index is 12.2. The van der Waals surface area contributed by atoms with E-state index >= 15 is 0 Å². The van der Waals surface area contributed by atoms with Crippen LogP contribution in [0.2, 0.25) is 0 Å². The Labute approximate surface area is 189 Å². The van der Waals surface area contributed by atoms with Crippen molar-refractivity contribution in [2.45, 2.75) is 44.4 Å². The second-order valence-corrected chi connectivity index (χ2v) is 8.88. The van der Waals surface area contributed by atoms with Crippen LogP contribution >= 0.6 is 11.3 Å². The van der Waals surface area contributed by atoms with Gasteiger partial charge >= 0.3 is 6.09 Å². The molecule has 0 unspecified atom stereocenters. The average molecular weight is 453 g/mol. The highest BCUT2D eigenvalue weighted by molar-refractivity contribution is 7.15. The van der Waals surface area contributed by atoms with Crippen LogP contribution in [-0.4, -0.2) is 44.4 Å². The normalized spacial score (nSPS) is 17.8. The lowest BCUT2D eigenvalue weighted by molar-refractivity contribution is -0.117. The van der Waals surface area contributed by atoms with Gasteiger partial charge in [0.15, 0.2) is 0 Å². The summed E-state index contributed by atoms with van der Waals surface area (Å²) in [7, 11) is 1.31. The highest BCUT2D eigenvalue weighted by Crippen LogP contribution is 2.41. The van der Waals surface area contributed by atoms with Gasteiger partial charge in [-0.05, 0) is 55.9 Å². The second kappa shape index (κ2) is 10.4. The third-order valence-electron chi connectivity index (χ3n) is 5.48.